The number of hydrogen-bond acceptors (Lipinski definition) is 21. The van der Waals surface area contributed by atoms with Crippen LogP contribution in [-0.2, 0) is 68.7 Å². The van der Waals surface area contributed by atoms with E-state index in [-0.39, 0.29) is 38.8 Å². The van der Waals surface area contributed by atoms with E-state index in [0.29, 0.717) is 17.9 Å². The van der Waals surface area contributed by atoms with Crippen molar-refractivity contribution in [2.75, 3.05) is 38.7 Å². The average molecular weight is 1240 g/mol. The molecule has 32 nitrogen and oxygen atoms in total. The van der Waals surface area contributed by atoms with Crippen LogP contribution in [0.25, 0.3) is 0 Å². The van der Waals surface area contributed by atoms with E-state index in [9.17, 15) is 88.2 Å². The minimum Gasteiger partial charge on any atom is -0.494 e. The van der Waals surface area contributed by atoms with Gasteiger partial charge in [0.1, 0.15) is 60.3 Å². The van der Waals surface area contributed by atoms with Gasteiger partial charge in [0.2, 0.25) is 47.3 Å². The predicted molar refractivity (Wildman–Crippen MR) is 303 cm³/mol. The number of alkyl halides is 1. The molecule has 0 bridgehead atoms. The van der Waals surface area contributed by atoms with Crippen molar-refractivity contribution >= 4 is 82.7 Å². The maximum Gasteiger partial charge on any atom is 0.335 e. The Labute approximate surface area is 500 Å². The van der Waals surface area contributed by atoms with E-state index < -0.39 is 194 Å². The second-order valence-electron chi connectivity index (χ2n) is 20.0. The molecule has 482 valence electrons. The topological polar surface area (TPSA) is 531 Å². The first-order valence-electron chi connectivity index (χ1n) is 27.9. The van der Waals surface area contributed by atoms with Crippen molar-refractivity contribution in [1.29, 1.82) is 0 Å². The standard InChI is InChI=1S/C53H83ClN12O20/c1-4-6-7-10-20-85-30-13-11-12-28(22-30)21-29(68)23-38(70)58-36-26-86-53(84)41(37(69)25-54)65-44(74)31(5-2)59-50(80)40(27(3)67)64-47(77)34(16-19-57)62-51(81)42(43(73)52(82)83)66-46(76)32(14-8-9-17-55)60-48(78)35(24-39(71)72)63-45(75)33(15-18-56)61-49(36)79/h5,11-13,22,27,29,32-37,40-43,67-69,73H,4,6-10,14-21,23-26,55-57H2,1-3H3,(H,58,70)(H,59,80)(H,60,78)(H,61,79)(H,62,81)(H,63,75)(H,64,77)(H,65,74)(H,66,76)(H,71,72)(H,82,83)/b31-5+/t27-,29+,32?,33?,34-,35-,36?,37+,40?,41?,42?,43-/m0/s1. The third-order valence-corrected chi connectivity index (χ3v) is 13.3. The number of ether oxygens (including phenoxy) is 2. The number of halogens is 1. The molecule has 0 aromatic heterocycles. The van der Waals surface area contributed by atoms with Crippen molar-refractivity contribution in [3.05, 3.63) is 41.6 Å². The number of aliphatic hydroxyl groups is 4. The molecule has 1 aromatic rings. The summed E-state index contributed by atoms with van der Waals surface area (Å²) in [6, 6.07) is -9.43. The molecule has 0 saturated carbocycles. The first-order valence-corrected chi connectivity index (χ1v) is 28.4. The van der Waals surface area contributed by atoms with Crippen molar-refractivity contribution in [3.8, 4) is 5.75 Å². The number of carboxylic acids is 2. The lowest BCUT2D eigenvalue weighted by Crippen LogP contribution is -2.63. The van der Waals surface area contributed by atoms with Crippen LogP contribution in [0.1, 0.15) is 97.0 Å². The van der Waals surface area contributed by atoms with Gasteiger partial charge in [-0.2, -0.15) is 0 Å². The quantitative estimate of drug-likeness (QED) is 0.0178. The third-order valence-electron chi connectivity index (χ3n) is 13.0. The molecule has 2 rings (SSSR count). The molecule has 86 heavy (non-hydrogen) atoms. The van der Waals surface area contributed by atoms with Crippen molar-refractivity contribution in [3.63, 3.8) is 0 Å². The van der Waals surface area contributed by atoms with Gasteiger partial charge < -0.3 is 105 Å². The average Bonchev–Trinajstić information content (AvgIpc) is 3.58. The Kier molecular flexibility index (Phi) is 33.9. The number of hydrogen-bond donors (Lipinski definition) is 18. The molecule has 1 aliphatic heterocycles. The number of nitrogens with one attached hydrogen (secondary N) is 9. The van der Waals surface area contributed by atoms with Crippen molar-refractivity contribution in [2.24, 2.45) is 17.2 Å². The van der Waals surface area contributed by atoms with Gasteiger partial charge >= 0.3 is 17.9 Å². The van der Waals surface area contributed by atoms with Crippen LogP contribution in [-0.4, -0.2) is 213 Å². The Morgan fingerprint density at radius 2 is 1.29 bits per heavy atom. The van der Waals surface area contributed by atoms with Gasteiger partial charge in [0.05, 0.1) is 43.6 Å². The number of amides is 9. The number of carbonyl (C=O) groups excluding carboxylic acids is 10. The van der Waals surface area contributed by atoms with E-state index in [1.165, 1.54) is 6.92 Å². The second-order valence-corrected chi connectivity index (χ2v) is 20.3. The van der Waals surface area contributed by atoms with Gasteiger partial charge in [0.15, 0.2) is 12.1 Å². The van der Waals surface area contributed by atoms with E-state index in [4.69, 9.17) is 38.3 Å². The summed E-state index contributed by atoms with van der Waals surface area (Å²) in [7, 11) is 0. The predicted octanol–water partition coefficient (Wildman–Crippen LogP) is -5.88. The highest BCUT2D eigenvalue weighted by molar-refractivity contribution is 6.18. The molecule has 1 fully saturated rings. The fourth-order valence-electron chi connectivity index (χ4n) is 8.26. The molecule has 0 aliphatic carbocycles. The van der Waals surface area contributed by atoms with Gasteiger partial charge in [0, 0.05) is 0 Å². The summed E-state index contributed by atoms with van der Waals surface area (Å²) >= 11 is 5.90. The lowest BCUT2D eigenvalue weighted by Gasteiger charge is -2.29. The Morgan fingerprint density at radius 3 is 1.86 bits per heavy atom. The fraction of sp³-hybridized carbons (Fsp3) is 0.623. The summed E-state index contributed by atoms with van der Waals surface area (Å²) in [6.45, 7) is 2.87. The zero-order valence-corrected chi connectivity index (χ0v) is 48.8. The first kappa shape index (κ1) is 74.5. The lowest BCUT2D eigenvalue weighted by atomic mass is 10.0. The van der Waals surface area contributed by atoms with Crippen LogP contribution in [0.4, 0.5) is 0 Å². The Bertz CT molecular complexity index is 2510. The molecule has 33 heteroatoms. The molecule has 1 heterocycles. The fourth-order valence-corrected chi connectivity index (χ4v) is 8.44. The highest BCUT2D eigenvalue weighted by atomic mass is 35.5. The summed E-state index contributed by atoms with van der Waals surface area (Å²) in [5, 5.41) is 82.5. The third kappa shape index (κ3) is 25.9. The summed E-state index contributed by atoms with van der Waals surface area (Å²) in [5.74, 6) is -17.4. The zero-order valence-electron chi connectivity index (χ0n) is 48.1. The molecule has 1 aliphatic rings. The van der Waals surface area contributed by atoms with Crippen LogP contribution in [0.2, 0.25) is 0 Å². The summed E-state index contributed by atoms with van der Waals surface area (Å²) in [5.41, 5.74) is 17.0. The monoisotopic (exact) mass is 1240 g/mol. The number of unbranched alkanes of at least 4 members (excludes halogenated alkanes) is 4. The molecule has 9 amide bonds. The van der Waals surface area contributed by atoms with Crippen molar-refractivity contribution in [1.82, 2.24) is 47.9 Å². The van der Waals surface area contributed by atoms with Gasteiger partial charge in [0.25, 0.3) is 5.91 Å². The number of allylic oxidation sites excluding steroid dienone is 1. The van der Waals surface area contributed by atoms with E-state index in [2.05, 4.69) is 49.5 Å². The number of rotatable bonds is 26. The number of cyclic esters (lactones) is 1. The van der Waals surface area contributed by atoms with Crippen LogP contribution < -0.4 is 69.8 Å². The summed E-state index contributed by atoms with van der Waals surface area (Å²) in [6.07, 6.45) is -6.20. The number of carboxylic acid groups (broad SMARTS) is 2. The molecule has 0 spiro atoms. The summed E-state index contributed by atoms with van der Waals surface area (Å²) < 4.78 is 11.2. The number of carbonyl (C=O) groups is 12. The summed E-state index contributed by atoms with van der Waals surface area (Å²) in [4.78, 5) is 163. The number of nitrogens with two attached hydrogens (primary N) is 3. The van der Waals surface area contributed by atoms with Crippen LogP contribution in [0.15, 0.2) is 36.0 Å². The zero-order chi connectivity index (χ0) is 64.6. The Hall–Kier alpha value is -7.59. The van der Waals surface area contributed by atoms with E-state index >= 15 is 0 Å². The van der Waals surface area contributed by atoms with Crippen LogP contribution in [0.3, 0.4) is 0 Å². The molecule has 1 saturated heterocycles. The largest absolute Gasteiger partial charge is 0.494 e. The normalized spacial score (nSPS) is 24.0. The molecule has 21 N–H and O–H groups in total. The van der Waals surface area contributed by atoms with E-state index in [1.807, 2.05) is 5.32 Å². The van der Waals surface area contributed by atoms with Crippen LogP contribution in [0.5, 0.6) is 5.75 Å². The van der Waals surface area contributed by atoms with Crippen molar-refractivity contribution < 1.29 is 97.6 Å². The van der Waals surface area contributed by atoms with Gasteiger partial charge in [-0.05, 0) is 96.1 Å². The van der Waals surface area contributed by atoms with E-state index in [0.717, 1.165) is 38.7 Å². The highest BCUT2D eigenvalue weighted by Crippen LogP contribution is 2.17. The maximum atomic E-state index is 14.2. The SMILES string of the molecule is C/C=C1/NC(=O)C([C@H](C)O)NC(=O)[C@H](CCN)NC(=O)C([C@H](O)C(=O)O)NC(=O)C(CCCCN)NC(=O)[C@H](CC(=O)O)NC(=O)C(CCN)NC(=O)C(NC(=O)C[C@H](O)Cc2cccc(OCCCCCC)c2)COC(=O)C([C@H](O)CCl)NC1=O. The molecule has 12 atom stereocenters. The smallest absolute Gasteiger partial charge is 0.335 e. The Balaban J connectivity index is 2.79. The lowest BCUT2D eigenvalue weighted by molar-refractivity contribution is -0.153. The number of esters is 1. The van der Waals surface area contributed by atoms with Gasteiger partial charge in [-0.15, -0.1) is 11.6 Å². The second kappa shape index (κ2) is 39.2. The molecular weight excluding hydrogens is 1160 g/mol. The van der Waals surface area contributed by atoms with Crippen LogP contribution >= 0.6 is 11.6 Å². The molecule has 1 aromatic carbocycles. The van der Waals surface area contributed by atoms with Crippen LogP contribution in [0, 0.1) is 0 Å². The number of aliphatic carboxylic acids is 2. The van der Waals surface area contributed by atoms with E-state index in [1.54, 1.807) is 24.3 Å². The van der Waals surface area contributed by atoms with Gasteiger partial charge in [-0.3, -0.25) is 47.9 Å². The number of benzene rings is 1. The maximum absolute atomic E-state index is 14.2. The van der Waals surface area contributed by atoms with Gasteiger partial charge in [-0.1, -0.05) is 44.4 Å². The minimum atomic E-state index is -2.78. The molecular formula is C53H83ClN12O20. The first-order chi connectivity index (χ1) is 40.7. The van der Waals surface area contributed by atoms with Crippen molar-refractivity contribution in [2.45, 2.75) is 171 Å². The Morgan fingerprint density at radius 1 is 0.709 bits per heavy atom. The minimum absolute atomic E-state index is 0.0350. The highest BCUT2D eigenvalue weighted by Gasteiger charge is 2.40. The molecule has 0 radical (unpaired) electrons. The van der Waals surface area contributed by atoms with Gasteiger partial charge in [-0.25, -0.2) is 9.59 Å². The number of aliphatic hydroxyl groups excluding tert-OH is 4. The molecule has 6 unspecified atom stereocenters.